The van der Waals surface area contributed by atoms with Crippen LogP contribution < -0.4 is 0 Å². The van der Waals surface area contributed by atoms with Gasteiger partial charge in [0, 0.05) is 5.41 Å². The van der Waals surface area contributed by atoms with Gasteiger partial charge >= 0.3 is 11.9 Å². The highest BCUT2D eigenvalue weighted by atomic mass is 16.6. The summed E-state index contributed by atoms with van der Waals surface area (Å²) >= 11 is 0. The Bertz CT molecular complexity index is 492. The number of carbonyl (C=O) groups is 2. The van der Waals surface area contributed by atoms with Crippen molar-refractivity contribution in [2.75, 3.05) is 13.2 Å². The highest BCUT2D eigenvalue weighted by Crippen LogP contribution is 2.36. The van der Waals surface area contributed by atoms with Crippen LogP contribution >= 0.6 is 0 Å². The maximum Gasteiger partial charge on any atom is 0.345 e. The van der Waals surface area contributed by atoms with Crippen LogP contribution in [-0.4, -0.2) is 25.2 Å². The number of carbonyl (C=O) groups excluding carboxylic acids is 2. The van der Waals surface area contributed by atoms with Crippen molar-refractivity contribution in [3.8, 4) is 0 Å². The van der Waals surface area contributed by atoms with Gasteiger partial charge in [0.2, 0.25) is 0 Å². The van der Waals surface area contributed by atoms with E-state index in [-0.39, 0.29) is 11.0 Å². The van der Waals surface area contributed by atoms with Crippen molar-refractivity contribution in [3.05, 3.63) is 36.0 Å². The predicted octanol–water partition coefficient (Wildman–Crippen LogP) is 4.90. The molecule has 1 unspecified atom stereocenters. The van der Waals surface area contributed by atoms with Crippen LogP contribution in [0.1, 0.15) is 65.7 Å². The van der Waals surface area contributed by atoms with Crippen LogP contribution in [0.25, 0.3) is 0 Å². The lowest BCUT2D eigenvalue weighted by Gasteiger charge is -2.28. The second-order valence-electron chi connectivity index (χ2n) is 6.51. The van der Waals surface area contributed by atoms with Crippen LogP contribution in [0.3, 0.4) is 0 Å². The normalized spacial score (nSPS) is 18.7. The Labute approximate surface area is 152 Å². The maximum atomic E-state index is 12.5. The van der Waals surface area contributed by atoms with Crippen LogP contribution in [0.4, 0.5) is 0 Å². The van der Waals surface area contributed by atoms with Gasteiger partial charge in [0.05, 0.1) is 13.2 Å². The average Bonchev–Trinajstić information content (AvgIpc) is 2.61. The molecule has 140 valence electrons. The fourth-order valence-corrected chi connectivity index (χ4v) is 2.77. The van der Waals surface area contributed by atoms with Crippen molar-refractivity contribution < 1.29 is 19.1 Å². The fourth-order valence-electron chi connectivity index (χ4n) is 2.77. The van der Waals surface area contributed by atoms with Crippen LogP contribution in [0, 0.1) is 5.41 Å². The third kappa shape index (κ3) is 7.29. The third-order valence-corrected chi connectivity index (χ3v) is 4.22. The van der Waals surface area contributed by atoms with Crippen molar-refractivity contribution in [1.82, 2.24) is 0 Å². The average molecular weight is 348 g/mol. The van der Waals surface area contributed by atoms with Crippen molar-refractivity contribution >= 4 is 11.9 Å². The topological polar surface area (TPSA) is 52.6 Å². The van der Waals surface area contributed by atoms with E-state index in [9.17, 15) is 9.59 Å². The molecule has 4 nitrogen and oxygen atoms in total. The number of esters is 2. The molecule has 1 aliphatic carbocycles. The molecule has 1 aliphatic rings. The molecular formula is C21H32O4. The Morgan fingerprint density at radius 2 is 1.56 bits per heavy atom. The van der Waals surface area contributed by atoms with Gasteiger partial charge < -0.3 is 9.47 Å². The molecule has 0 aromatic carbocycles. The van der Waals surface area contributed by atoms with E-state index >= 15 is 0 Å². The number of allylic oxidation sites excluding steroid dienone is 5. The summed E-state index contributed by atoms with van der Waals surface area (Å²) in [6, 6.07) is 0. The van der Waals surface area contributed by atoms with E-state index in [2.05, 4.69) is 19.1 Å². The van der Waals surface area contributed by atoms with Gasteiger partial charge in [-0.2, -0.15) is 0 Å². The van der Waals surface area contributed by atoms with Crippen molar-refractivity contribution in [3.63, 3.8) is 0 Å². The van der Waals surface area contributed by atoms with Gasteiger partial charge in [0.1, 0.15) is 5.57 Å². The van der Waals surface area contributed by atoms with Gasteiger partial charge in [-0.25, -0.2) is 9.59 Å². The van der Waals surface area contributed by atoms with Crippen LogP contribution in [-0.2, 0) is 19.1 Å². The van der Waals surface area contributed by atoms with Crippen LogP contribution in [0.5, 0.6) is 0 Å². The smallest absolute Gasteiger partial charge is 0.345 e. The molecule has 0 spiro atoms. The maximum absolute atomic E-state index is 12.5. The highest BCUT2D eigenvalue weighted by Gasteiger charge is 2.30. The Hall–Kier alpha value is -1.84. The minimum absolute atomic E-state index is 0.0283. The van der Waals surface area contributed by atoms with Gasteiger partial charge in [0.15, 0.2) is 0 Å². The zero-order chi connectivity index (χ0) is 18.5. The van der Waals surface area contributed by atoms with Crippen molar-refractivity contribution in [1.29, 1.82) is 0 Å². The van der Waals surface area contributed by atoms with E-state index in [1.165, 1.54) is 0 Å². The predicted molar refractivity (Wildman–Crippen MR) is 100 cm³/mol. The van der Waals surface area contributed by atoms with Gasteiger partial charge in [-0.3, -0.25) is 0 Å². The first kappa shape index (κ1) is 21.2. The molecule has 0 bridgehead atoms. The standard InChI is InChI=1S/C21H32O4/c1-4-7-15-24-19(22)18(20(23)25-16-8-5-2)17-21(12-6-3)13-10-9-11-14-21/h9-11,13,17H,4-8,12,14-16H2,1-3H3. The summed E-state index contributed by atoms with van der Waals surface area (Å²) in [7, 11) is 0. The number of hydrogen-bond acceptors (Lipinski definition) is 4. The SMILES string of the molecule is CCCCOC(=O)C(=CC1(CCC)C=CC=CC1)C(=O)OCCCC. The summed E-state index contributed by atoms with van der Waals surface area (Å²) in [4.78, 5) is 25.0. The Balaban J connectivity index is 3.01. The molecule has 0 aliphatic heterocycles. The first-order valence-corrected chi connectivity index (χ1v) is 9.50. The van der Waals surface area contributed by atoms with Crippen LogP contribution in [0.15, 0.2) is 36.0 Å². The monoisotopic (exact) mass is 348 g/mol. The second kappa shape index (κ2) is 11.7. The molecule has 25 heavy (non-hydrogen) atoms. The third-order valence-electron chi connectivity index (χ3n) is 4.22. The molecular weight excluding hydrogens is 316 g/mol. The molecule has 0 aromatic heterocycles. The number of ether oxygens (including phenoxy) is 2. The molecule has 0 saturated carbocycles. The summed E-state index contributed by atoms with van der Waals surface area (Å²) < 4.78 is 10.6. The van der Waals surface area contributed by atoms with E-state index < -0.39 is 11.9 Å². The Morgan fingerprint density at radius 3 is 2.00 bits per heavy atom. The largest absolute Gasteiger partial charge is 0.462 e. The summed E-state index contributed by atoms with van der Waals surface area (Å²) in [5.74, 6) is -1.15. The molecule has 4 heteroatoms. The van der Waals surface area contributed by atoms with Crippen molar-refractivity contribution in [2.24, 2.45) is 5.41 Å². The van der Waals surface area contributed by atoms with Gasteiger partial charge in [-0.15, -0.1) is 0 Å². The van der Waals surface area contributed by atoms with Crippen LogP contribution in [0.2, 0.25) is 0 Å². The number of hydrogen-bond donors (Lipinski definition) is 0. The summed E-state index contributed by atoms with van der Waals surface area (Å²) in [5.41, 5.74) is -0.299. The van der Waals surface area contributed by atoms with E-state index in [4.69, 9.17) is 9.47 Å². The van der Waals surface area contributed by atoms with Gasteiger partial charge in [-0.1, -0.05) is 70.4 Å². The van der Waals surface area contributed by atoms with E-state index in [0.717, 1.165) is 44.9 Å². The minimum Gasteiger partial charge on any atom is -0.462 e. The summed E-state index contributed by atoms with van der Waals surface area (Å²) in [6.45, 7) is 6.80. The Kier molecular flexibility index (Phi) is 9.90. The molecule has 0 heterocycles. The molecule has 0 aromatic rings. The lowest BCUT2D eigenvalue weighted by molar-refractivity contribution is -0.147. The zero-order valence-corrected chi connectivity index (χ0v) is 15.9. The quantitative estimate of drug-likeness (QED) is 0.175. The van der Waals surface area contributed by atoms with Crippen molar-refractivity contribution in [2.45, 2.75) is 65.7 Å². The van der Waals surface area contributed by atoms with E-state index in [0.29, 0.717) is 13.2 Å². The molecule has 0 radical (unpaired) electrons. The van der Waals surface area contributed by atoms with E-state index in [1.54, 1.807) is 6.08 Å². The lowest BCUT2D eigenvalue weighted by atomic mass is 9.76. The fraction of sp³-hybridized carbons (Fsp3) is 0.619. The summed E-state index contributed by atoms with van der Waals surface area (Å²) in [5, 5.41) is 0. The first-order valence-electron chi connectivity index (χ1n) is 9.50. The molecule has 0 amide bonds. The van der Waals surface area contributed by atoms with E-state index in [1.807, 2.05) is 26.0 Å². The van der Waals surface area contributed by atoms with Gasteiger partial charge in [0.25, 0.3) is 0 Å². The molecule has 0 saturated heterocycles. The molecule has 0 fully saturated rings. The molecule has 1 atom stereocenters. The Morgan fingerprint density at radius 1 is 0.960 bits per heavy atom. The van der Waals surface area contributed by atoms with Gasteiger partial charge in [-0.05, 0) is 25.7 Å². The lowest BCUT2D eigenvalue weighted by Crippen LogP contribution is -2.24. The molecule has 0 N–H and O–H groups in total. The summed E-state index contributed by atoms with van der Waals surface area (Å²) in [6.07, 6.45) is 15.9. The highest BCUT2D eigenvalue weighted by molar-refractivity contribution is 6.14. The molecule has 1 rings (SSSR count). The minimum atomic E-state index is -0.576. The second-order valence-corrected chi connectivity index (χ2v) is 6.51. The number of unbranched alkanes of at least 4 members (excludes halogenated alkanes) is 2. The zero-order valence-electron chi connectivity index (χ0n) is 15.9. The first-order chi connectivity index (χ1) is 12.1. The number of rotatable bonds is 11.